The first-order valence-corrected chi connectivity index (χ1v) is 7.18. The van der Waals surface area contributed by atoms with Gasteiger partial charge in [0.05, 0.1) is 39.4 Å². The van der Waals surface area contributed by atoms with Crippen LogP contribution < -0.4 is 0 Å². The van der Waals surface area contributed by atoms with Gasteiger partial charge in [-0.3, -0.25) is 14.6 Å². The molecule has 0 N–H and O–H groups in total. The Kier molecular flexibility index (Phi) is 7.18. The fourth-order valence-electron chi connectivity index (χ4n) is 1.02. The van der Waals surface area contributed by atoms with Crippen LogP contribution in [0.4, 0.5) is 0 Å². The third-order valence-corrected chi connectivity index (χ3v) is 2.87. The van der Waals surface area contributed by atoms with Gasteiger partial charge in [-0.1, -0.05) is 0 Å². The van der Waals surface area contributed by atoms with E-state index in [9.17, 15) is 18.0 Å². The zero-order valence-electron chi connectivity index (χ0n) is 10.6. The lowest BCUT2D eigenvalue weighted by atomic mass is 10.2. The molecule has 18 heavy (non-hydrogen) atoms. The highest BCUT2D eigenvalue weighted by Gasteiger charge is 2.13. The van der Waals surface area contributed by atoms with Crippen LogP contribution >= 0.6 is 0 Å². The number of aliphatic imine (C=N–C) groups is 1. The molecular formula is C10H17NO6S. The topological polar surface area (TPSA) is 99.1 Å². The molecular weight excluding hydrogens is 262 g/mol. The first-order chi connectivity index (χ1) is 8.28. The van der Waals surface area contributed by atoms with Gasteiger partial charge in [-0.05, 0) is 0 Å². The zero-order valence-corrected chi connectivity index (χ0v) is 11.4. The lowest BCUT2D eigenvalue weighted by Crippen LogP contribution is -2.16. The molecule has 0 radical (unpaired) electrons. The molecule has 0 spiro atoms. The van der Waals surface area contributed by atoms with Crippen molar-refractivity contribution >= 4 is 27.5 Å². The molecule has 0 aliphatic heterocycles. The van der Waals surface area contributed by atoms with Crippen molar-refractivity contribution in [3.63, 3.8) is 0 Å². The Morgan fingerprint density at radius 2 is 1.50 bits per heavy atom. The van der Waals surface area contributed by atoms with E-state index in [1.54, 1.807) is 0 Å². The van der Waals surface area contributed by atoms with Crippen LogP contribution in [0, 0.1) is 0 Å². The summed E-state index contributed by atoms with van der Waals surface area (Å²) in [4.78, 5) is 26.1. The van der Waals surface area contributed by atoms with Crippen LogP contribution in [0.25, 0.3) is 0 Å². The predicted octanol–water partition coefficient (Wildman–Crippen LogP) is -0.402. The summed E-state index contributed by atoms with van der Waals surface area (Å²) in [7, 11) is -0.694. The summed E-state index contributed by atoms with van der Waals surface area (Å²) >= 11 is 0. The molecule has 0 heterocycles. The Morgan fingerprint density at radius 3 is 1.83 bits per heavy atom. The first kappa shape index (κ1) is 16.6. The molecule has 0 saturated heterocycles. The van der Waals surface area contributed by atoms with Crippen molar-refractivity contribution in [3.05, 3.63) is 0 Å². The third-order valence-electron chi connectivity index (χ3n) is 1.95. The normalized spacial score (nSPS) is 10.6. The highest BCUT2D eigenvalue weighted by atomic mass is 32.2. The minimum atomic E-state index is -3.13. The number of methoxy groups -OCH3 is 2. The SMILES string of the molecule is COC(=O)CC(CC(=O)OC)=NCCS(C)(=O)=O. The van der Waals surface area contributed by atoms with Gasteiger partial charge in [0.2, 0.25) is 0 Å². The molecule has 0 saturated carbocycles. The van der Waals surface area contributed by atoms with Crippen molar-refractivity contribution in [2.45, 2.75) is 12.8 Å². The quantitative estimate of drug-likeness (QED) is 0.464. The van der Waals surface area contributed by atoms with Crippen molar-refractivity contribution in [3.8, 4) is 0 Å². The molecule has 0 fully saturated rings. The third kappa shape index (κ3) is 8.68. The van der Waals surface area contributed by atoms with Crippen molar-refractivity contribution in [1.82, 2.24) is 0 Å². The number of nitrogens with zero attached hydrogens (tertiary/aromatic N) is 1. The van der Waals surface area contributed by atoms with E-state index in [2.05, 4.69) is 14.5 Å². The fraction of sp³-hybridized carbons (Fsp3) is 0.700. The van der Waals surface area contributed by atoms with E-state index < -0.39 is 21.8 Å². The van der Waals surface area contributed by atoms with E-state index >= 15 is 0 Å². The minimum Gasteiger partial charge on any atom is -0.469 e. The van der Waals surface area contributed by atoms with E-state index in [0.717, 1.165) is 6.26 Å². The van der Waals surface area contributed by atoms with Gasteiger partial charge in [-0.2, -0.15) is 0 Å². The number of hydrogen-bond acceptors (Lipinski definition) is 7. The Morgan fingerprint density at radius 1 is 1.06 bits per heavy atom. The highest BCUT2D eigenvalue weighted by Crippen LogP contribution is 1.99. The van der Waals surface area contributed by atoms with Crippen molar-refractivity contribution in [2.75, 3.05) is 32.8 Å². The molecule has 0 aliphatic rings. The highest BCUT2D eigenvalue weighted by molar-refractivity contribution is 7.90. The summed E-state index contributed by atoms with van der Waals surface area (Å²) in [5.41, 5.74) is 0.248. The molecule has 0 bridgehead atoms. The molecule has 104 valence electrons. The molecule has 0 aromatic heterocycles. The van der Waals surface area contributed by atoms with Crippen LogP contribution in [0.5, 0.6) is 0 Å². The summed E-state index contributed by atoms with van der Waals surface area (Å²) in [6.07, 6.45) is 0.771. The average molecular weight is 279 g/mol. The van der Waals surface area contributed by atoms with Gasteiger partial charge in [0.15, 0.2) is 0 Å². The summed E-state index contributed by atoms with van der Waals surface area (Å²) in [5, 5.41) is 0. The monoisotopic (exact) mass is 279 g/mol. The summed E-state index contributed by atoms with van der Waals surface area (Å²) in [6, 6.07) is 0. The number of esters is 2. The molecule has 0 amide bonds. The standard InChI is InChI=1S/C10H17NO6S/c1-16-9(12)6-8(7-10(13)17-2)11-4-5-18(3,14)15/h4-7H2,1-3H3. The van der Waals surface area contributed by atoms with Gasteiger partial charge in [0.25, 0.3) is 0 Å². The van der Waals surface area contributed by atoms with E-state index in [4.69, 9.17) is 0 Å². The van der Waals surface area contributed by atoms with Crippen LogP contribution in [-0.2, 0) is 28.9 Å². The van der Waals surface area contributed by atoms with Gasteiger partial charge < -0.3 is 9.47 Å². The maximum absolute atomic E-state index is 11.1. The van der Waals surface area contributed by atoms with Crippen LogP contribution in [0.15, 0.2) is 4.99 Å². The van der Waals surface area contributed by atoms with Crippen LogP contribution in [-0.4, -0.2) is 58.8 Å². The minimum absolute atomic E-state index is 0.00214. The largest absolute Gasteiger partial charge is 0.469 e. The molecule has 0 aliphatic carbocycles. The average Bonchev–Trinajstić information content (AvgIpc) is 2.26. The van der Waals surface area contributed by atoms with Gasteiger partial charge in [0.1, 0.15) is 9.84 Å². The van der Waals surface area contributed by atoms with Gasteiger partial charge >= 0.3 is 11.9 Å². The summed E-state index contributed by atoms with van der Waals surface area (Å²) < 4.78 is 30.7. The van der Waals surface area contributed by atoms with Gasteiger partial charge in [-0.25, -0.2) is 8.42 Å². The van der Waals surface area contributed by atoms with E-state index in [0.29, 0.717) is 0 Å². The second-order valence-corrected chi connectivity index (χ2v) is 5.84. The Labute approximate surface area is 106 Å². The van der Waals surface area contributed by atoms with Crippen molar-refractivity contribution in [2.24, 2.45) is 4.99 Å². The lowest BCUT2D eigenvalue weighted by Gasteiger charge is -2.04. The summed E-state index contributed by atoms with van der Waals surface area (Å²) in [5.74, 6) is -1.23. The van der Waals surface area contributed by atoms with E-state index in [1.165, 1.54) is 14.2 Å². The Hall–Kier alpha value is -1.44. The van der Waals surface area contributed by atoms with Crippen LogP contribution in [0.1, 0.15) is 12.8 Å². The van der Waals surface area contributed by atoms with Gasteiger partial charge in [0, 0.05) is 12.0 Å². The van der Waals surface area contributed by atoms with Crippen LogP contribution in [0.2, 0.25) is 0 Å². The maximum atomic E-state index is 11.1. The smallest absolute Gasteiger partial charge is 0.311 e. The number of ether oxygens (including phenoxy) is 2. The fourth-order valence-corrected chi connectivity index (χ4v) is 1.44. The Balaban J connectivity index is 4.58. The molecule has 0 aromatic rings. The van der Waals surface area contributed by atoms with E-state index in [1.807, 2.05) is 0 Å². The maximum Gasteiger partial charge on any atom is 0.311 e. The number of rotatable bonds is 7. The number of carbonyl (C=O) groups excluding carboxylic acids is 2. The van der Waals surface area contributed by atoms with Crippen molar-refractivity contribution in [1.29, 1.82) is 0 Å². The predicted molar refractivity (Wildman–Crippen MR) is 65.3 cm³/mol. The second kappa shape index (κ2) is 7.80. The zero-order chi connectivity index (χ0) is 14.2. The number of sulfone groups is 1. The van der Waals surface area contributed by atoms with Crippen LogP contribution in [0.3, 0.4) is 0 Å². The number of hydrogen-bond donors (Lipinski definition) is 0. The number of carbonyl (C=O) groups is 2. The molecule has 0 aromatic carbocycles. The molecule has 0 rings (SSSR count). The van der Waals surface area contributed by atoms with E-state index in [-0.39, 0.29) is 30.9 Å². The summed E-state index contributed by atoms with van der Waals surface area (Å²) in [6.45, 7) is 0.00214. The van der Waals surface area contributed by atoms with Crippen molar-refractivity contribution < 1.29 is 27.5 Å². The molecule has 0 atom stereocenters. The van der Waals surface area contributed by atoms with Gasteiger partial charge in [-0.15, -0.1) is 0 Å². The molecule has 0 unspecified atom stereocenters. The first-order valence-electron chi connectivity index (χ1n) is 5.12. The molecule has 7 nitrogen and oxygen atoms in total. The lowest BCUT2D eigenvalue weighted by molar-refractivity contribution is -0.139. The second-order valence-electron chi connectivity index (χ2n) is 3.58. The Bertz CT molecular complexity index is 406. The molecule has 8 heteroatoms.